The van der Waals surface area contributed by atoms with E-state index in [4.69, 9.17) is 21.3 Å². The van der Waals surface area contributed by atoms with Gasteiger partial charge in [-0.15, -0.1) is 0 Å². The lowest BCUT2D eigenvalue weighted by Crippen LogP contribution is -2.38. The second-order valence-electron chi connectivity index (χ2n) is 8.57. The highest BCUT2D eigenvalue weighted by molar-refractivity contribution is 8.16. The number of amides is 1. The summed E-state index contributed by atoms with van der Waals surface area (Å²) < 4.78 is 5.53. The zero-order chi connectivity index (χ0) is 26.5. The molecule has 0 fully saturated rings. The molecule has 2 aromatic carbocycles. The number of nitrogens with one attached hydrogen (secondary N) is 1. The molecule has 1 aromatic heterocycles. The highest BCUT2D eigenvalue weighted by Crippen LogP contribution is 2.48. The largest absolute Gasteiger partial charge is 0.463 e. The molecule has 0 bridgehead atoms. The first-order chi connectivity index (χ1) is 18.6. The Morgan fingerprint density at radius 2 is 1.79 bits per heavy atom. The van der Waals surface area contributed by atoms with Crippen LogP contribution in [-0.4, -0.2) is 33.5 Å². The molecule has 2 aliphatic heterocycles. The summed E-state index contributed by atoms with van der Waals surface area (Å²) in [5.41, 5.74) is 4.11. The van der Waals surface area contributed by atoms with Crippen LogP contribution in [0.4, 0.5) is 0 Å². The van der Waals surface area contributed by atoms with Crippen LogP contribution in [0.25, 0.3) is 5.70 Å². The molecule has 192 valence electrons. The SMILES string of the molecule is CCOC(=O)C1=C(c2ccccc2)N=C2SC=C(CC(=O)NCc3ccncc3)N2C1c1ccccc1Cl. The number of thioether (sulfide) groups is 1. The molecule has 0 saturated heterocycles. The molecule has 0 spiro atoms. The van der Waals surface area contributed by atoms with Gasteiger partial charge in [0, 0.05) is 35.2 Å². The third-order valence-corrected chi connectivity index (χ3v) is 7.37. The van der Waals surface area contributed by atoms with E-state index in [0.717, 1.165) is 22.4 Å². The Labute approximate surface area is 230 Å². The third kappa shape index (κ3) is 5.37. The molecule has 1 N–H and O–H groups in total. The fraction of sp³-hybridized carbons (Fsp3) is 0.172. The number of pyridine rings is 1. The fourth-order valence-corrected chi connectivity index (χ4v) is 5.57. The molecule has 0 saturated carbocycles. The van der Waals surface area contributed by atoms with E-state index in [9.17, 15) is 9.59 Å². The minimum absolute atomic E-state index is 0.106. The van der Waals surface area contributed by atoms with Crippen LogP contribution >= 0.6 is 23.4 Å². The van der Waals surface area contributed by atoms with E-state index < -0.39 is 12.0 Å². The lowest BCUT2D eigenvalue weighted by molar-refractivity contribution is -0.139. The van der Waals surface area contributed by atoms with Gasteiger partial charge in [-0.25, -0.2) is 9.79 Å². The molecule has 9 heteroatoms. The van der Waals surface area contributed by atoms with Gasteiger partial charge in [-0.2, -0.15) is 0 Å². The van der Waals surface area contributed by atoms with Crippen molar-refractivity contribution in [2.45, 2.75) is 25.9 Å². The van der Waals surface area contributed by atoms with Crippen LogP contribution in [0.15, 0.2) is 101 Å². The molecule has 1 atom stereocenters. The monoisotopic (exact) mass is 544 g/mol. The van der Waals surface area contributed by atoms with Crippen molar-refractivity contribution in [3.05, 3.63) is 118 Å². The fourth-order valence-electron chi connectivity index (χ4n) is 4.41. The molecule has 0 radical (unpaired) electrons. The third-order valence-electron chi connectivity index (χ3n) is 6.13. The number of fused-ring (bicyclic) bond motifs is 1. The van der Waals surface area contributed by atoms with Gasteiger partial charge in [0.25, 0.3) is 0 Å². The Hall–Kier alpha value is -3.88. The Morgan fingerprint density at radius 1 is 1.05 bits per heavy atom. The Morgan fingerprint density at radius 3 is 2.53 bits per heavy atom. The normalized spacial score (nSPS) is 16.5. The van der Waals surface area contributed by atoms with Gasteiger partial charge in [-0.05, 0) is 41.7 Å². The molecular weight excluding hydrogens is 520 g/mol. The van der Waals surface area contributed by atoms with Gasteiger partial charge in [0.05, 0.1) is 30.3 Å². The predicted octanol–water partition coefficient (Wildman–Crippen LogP) is 5.72. The van der Waals surface area contributed by atoms with Gasteiger partial charge < -0.3 is 15.0 Å². The van der Waals surface area contributed by atoms with E-state index >= 15 is 0 Å². The van der Waals surface area contributed by atoms with E-state index in [1.165, 1.54) is 11.8 Å². The van der Waals surface area contributed by atoms with Crippen molar-refractivity contribution in [2.75, 3.05) is 6.61 Å². The van der Waals surface area contributed by atoms with Crippen molar-refractivity contribution in [2.24, 2.45) is 4.99 Å². The number of esters is 1. The number of hydrogen-bond donors (Lipinski definition) is 1. The summed E-state index contributed by atoms with van der Waals surface area (Å²) in [4.78, 5) is 37.4. The van der Waals surface area contributed by atoms with E-state index in [0.29, 0.717) is 28.0 Å². The summed E-state index contributed by atoms with van der Waals surface area (Å²) in [5, 5.41) is 6.04. The molecule has 3 heterocycles. The van der Waals surface area contributed by atoms with Crippen molar-refractivity contribution in [1.29, 1.82) is 0 Å². The molecular formula is C29H25ClN4O3S. The predicted molar refractivity (Wildman–Crippen MR) is 150 cm³/mol. The summed E-state index contributed by atoms with van der Waals surface area (Å²) in [6, 6.07) is 20.0. The maximum Gasteiger partial charge on any atom is 0.338 e. The Balaban J connectivity index is 1.54. The van der Waals surface area contributed by atoms with Crippen LogP contribution in [0.5, 0.6) is 0 Å². The summed E-state index contributed by atoms with van der Waals surface area (Å²) in [6.45, 7) is 2.38. The van der Waals surface area contributed by atoms with E-state index in [2.05, 4.69) is 10.3 Å². The van der Waals surface area contributed by atoms with Crippen molar-refractivity contribution >= 4 is 46.1 Å². The molecule has 1 amide bonds. The lowest BCUT2D eigenvalue weighted by atomic mass is 9.91. The van der Waals surface area contributed by atoms with Gasteiger partial charge in [0.15, 0.2) is 5.17 Å². The summed E-state index contributed by atoms with van der Waals surface area (Å²) in [5.74, 6) is -0.624. The van der Waals surface area contributed by atoms with E-state index in [-0.39, 0.29) is 18.9 Å². The van der Waals surface area contributed by atoms with Crippen LogP contribution in [-0.2, 0) is 20.9 Å². The maximum atomic E-state index is 13.5. The van der Waals surface area contributed by atoms with Crippen LogP contribution in [0.2, 0.25) is 5.02 Å². The standard InChI is InChI=1S/C29H25ClN4O3S/c1-2-37-28(36)25-26(20-8-4-3-5-9-20)33-29-34(27(25)22-10-6-7-11-23(22)30)21(18-38-29)16-24(35)32-17-19-12-14-31-15-13-19/h3-15,18,27H,2,16-17H2,1H3,(H,32,35). The number of rotatable bonds is 8. The molecule has 7 nitrogen and oxygen atoms in total. The summed E-state index contributed by atoms with van der Waals surface area (Å²) in [6.07, 6.45) is 3.49. The first-order valence-corrected chi connectivity index (χ1v) is 13.4. The number of benzene rings is 2. The molecule has 2 aliphatic rings. The van der Waals surface area contributed by atoms with Crippen molar-refractivity contribution in [1.82, 2.24) is 15.2 Å². The van der Waals surface area contributed by atoms with Crippen molar-refractivity contribution in [3.63, 3.8) is 0 Å². The second kappa shape index (κ2) is 11.7. The van der Waals surface area contributed by atoms with Gasteiger partial charge in [-0.3, -0.25) is 9.78 Å². The van der Waals surface area contributed by atoms with Gasteiger partial charge in [-0.1, -0.05) is 71.9 Å². The molecule has 38 heavy (non-hydrogen) atoms. The Bertz CT molecular complexity index is 1440. The molecule has 1 unspecified atom stereocenters. The van der Waals surface area contributed by atoms with E-state index in [1.54, 1.807) is 25.4 Å². The first-order valence-electron chi connectivity index (χ1n) is 12.2. The van der Waals surface area contributed by atoms with Crippen LogP contribution in [0.3, 0.4) is 0 Å². The number of halogens is 1. The number of nitrogens with zero attached hydrogens (tertiary/aromatic N) is 3. The summed E-state index contributed by atoms with van der Waals surface area (Å²) in [7, 11) is 0. The average Bonchev–Trinajstić information content (AvgIpc) is 3.34. The van der Waals surface area contributed by atoms with Gasteiger partial charge in [0.1, 0.15) is 0 Å². The number of amidine groups is 1. The van der Waals surface area contributed by atoms with Crippen LogP contribution in [0, 0.1) is 0 Å². The minimum Gasteiger partial charge on any atom is -0.463 e. The molecule has 0 aliphatic carbocycles. The van der Waals surface area contributed by atoms with Gasteiger partial charge in [0.2, 0.25) is 5.91 Å². The smallest absolute Gasteiger partial charge is 0.338 e. The number of hydrogen-bond acceptors (Lipinski definition) is 7. The van der Waals surface area contributed by atoms with Crippen LogP contribution < -0.4 is 5.32 Å². The highest BCUT2D eigenvalue weighted by atomic mass is 35.5. The quantitative estimate of drug-likeness (QED) is 0.365. The number of aromatic nitrogens is 1. The zero-order valence-corrected chi connectivity index (χ0v) is 22.2. The van der Waals surface area contributed by atoms with Crippen LogP contribution in [0.1, 0.15) is 36.1 Å². The number of aliphatic imine (C=N–C) groups is 1. The summed E-state index contributed by atoms with van der Waals surface area (Å²) >= 11 is 8.12. The first kappa shape index (κ1) is 25.8. The minimum atomic E-state index is -0.625. The maximum absolute atomic E-state index is 13.5. The Kier molecular flexibility index (Phi) is 7.91. The number of carbonyl (C=O) groups excluding carboxylic acids is 2. The van der Waals surface area contributed by atoms with Crippen molar-refractivity contribution in [3.8, 4) is 0 Å². The molecule has 3 aromatic rings. The van der Waals surface area contributed by atoms with E-state index in [1.807, 2.05) is 71.0 Å². The number of ether oxygens (including phenoxy) is 1. The van der Waals surface area contributed by atoms with Gasteiger partial charge >= 0.3 is 5.97 Å². The zero-order valence-electron chi connectivity index (χ0n) is 20.6. The second-order valence-corrected chi connectivity index (χ2v) is 9.82. The average molecular weight is 545 g/mol. The molecule has 5 rings (SSSR count). The highest BCUT2D eigenvalue weighted by Gasteiger charge is 2.43. The lowest BCUT2D eigenvalue weighted by Gasteiger charge is -2.37. The topological polar surface area (TPSA) is 83.9 Å². The van der Waals surface area contributed by atoms with Crippen molar-refractivity contribution < 1.29 is 14.3 Å². The number of carbonyl (C=O) groups is 2.